The van der Waals surface area contributed by atoms with Crippen molar-refractivity contribution in [3.63, 3.8) is 0 Å². The SMILES string of the molecule is COc1cc(C)c(S(=O)(=O)N(C)CCOCC(=O)N(C)[C@@H]2CCN(C3CCN(C)CC3)C2)c(C)c1. The molecule has 0 aromatic heterocycles. The van der Waals surface area contributed by atoms with Crippen LogP contribution in [0.15, 0.2) is 17.0 Å². The van der Waals surface area contributed by atoms with Crippen LogP contribution >= 0.6 is 0 Å². The van der Waals surface area contributed by atoms with Crippen molar-refractivity contribution < 1.29 is 22.7 Å². The second kappa shape index (κ2) is 12.0. The average molecular weight is 511 g/mol. The minimum Gasteiger partial charge on any atom is -0.497 e. The highest BCUT2D eigenvalue weighted by molar-refractivity contribution is 7.89. The Kier molecular flexibility index (Phi) is 9.56. The van der Waals surface area contributed by atoms with E-state index in [1.807, 2.05) is 7.05 Å². The van der Waals surface area contributed by atoms with Gasteiger partial charge in [0.05, 0.1) is 18.6 Å². The molecule has 2 fully saturated rings. The van der Waals surface area contributed by atoms with Gasteiger partial charge in [-0.3, -0.25) is 9.69 Å². The lowest BCUT2D eigenvalue weighted by atomic mass is 10.0. The fourth-order valence-corrected chi connectivity index (χ4v) is 6.70. The Morgan fingerprint density at radius 1 is 1.09 bits per heavy atom. The highest BCUT2D eigenvalue weighted by Crippen LogP contribution is 2.28. The predicted molar refractivity (Wildman–Crippen MR) is 136 cm³/mol. The van der Waals surface area contributed by atoms with E-state index in [4.69, 9.17) is 9.47 Å². The van der Waals surface area contributed by atoms with Crippen LogP contribution in [0.5, 0.6) is 5.75 Å². The van der Waals surface area contributed by atoms with E-state index in [0.717, 1.165) is 32.6 Å². The van der Waals surface area contributed by atoms with E-state index in [1.54, 1.807) is 38.0 Å². The molecule has 1 amide bonds. The van der Waals surface area contributed by atoms with Gasteiger partial charge in [0, 0.05) is 45.8 Å². The summed E-state index contributed by atoms with van der Waals surface area (Å²) in [5.41, 5.74) is 1.27. The summed E-state index contributed by atoms with van der Waals surface area (Å²) < 4.78 is 38.3. The third kappa shape index (κ3) is 6.74. The summed E-state index contributed by atoms with van der Waals surface area (Å²) in [5.74, 6) is 0.567. The monoisotopic (exact) mass is 510 g/mol. The largest absolute Gasteiger partial charge is 0.497 e. The Hall–Kier alpha value is -1.72. The van der Waals surface area contributed by atoms with Crippen LogP contribution in [0.3, 0.4) is 0 Å². The van der Waals surface area contributed by atoms with E-state index < -0.39 is 10.0 Å². The maximum atomic E-state index is 13.1. The first-order chi connectivity index (χ1) is 16.5. The quantitative estimate of drug-likeness (QED) is 0.442. The molecule has 0 unspecified atom stereocenters. The van der Waals surface area contributed by atoms with Crippen molar-refractivity contribution in [3.8, 4) is 5.75 Å². The summed E-state index contributed by atoms with van der Waals surface area (Å²) in [6.45, 7) is 8.01. The van der Waals surface area contributed by atoms with Crippen LogP contribution in [-0.4, -0.2) is 120 Å². The van der Waals surface area contributed by atoms with Crippen LogP contribution in [0.4, 0.5) is 0 Å². The van der Waals surface area contributed by atoms with E-state index in [0.29, 0.717) is 22.9 Å². The van der Waals surface area contributed by atoms with Crippen molar-refractivity contribution in [3.05, 3.63) is 23.3 Å². The second-order valence-electron chi connectivity index (χ2n) is 9.95. The van der Waals surface area contributed by atoms with Crippen LogP contribution < -0.4 is 4.74 Å². The Bertz CT molecular complexity index is 955. The zero-order valence-electron chi connectivity index (χ0n) is 22.1. The van der Waals surface area contributed by atoms with E-state index in [2.05, 4.69) is 16.8 Å². The molecule has 0 bridgehead atoms. The summed E-state index contributed by atoms with van der Waals surface area (Å²) in [7, 11) is 3.43. The van der Waals surface area contributed by atoms with Gasteiger partial charge in [-0.25, -0.2) is 8.42 Å². The van der Waals surface area contributed by atoms with Crippen molar-refractivity contribution in [2.75, 3.05) is 74.2 Å². The zero-order chi connectivity index (χ0) is 25.8. The van der Waals surface area contributed by atoms with Crippen molar-refractivity contribution in [1.82, 2.24) is 19.0 Å². The number of aryl methyl sites for hydroxylation is 2. The molecule has 1 atom stereocenters. The van der Waals surface area contributed by atoms with Gasteiger partial charge in [-0.2, -0.15) is 4.31 Å². The lowest BCUT2D eigenvalue weighted by Gasteiger charge is -2.35. The normalized spacial score (nSPS) is 20.5. The molecule has 2 aliphatic rings. The number of carbonyl (C=O) groups is 1. The van der Waals surface area contributed by atoms with Crippen molar-refractivity contribution in [2.24, 2.45) is 0 Å². The van der Waals surface area contributed by atoms with Gasteiger partial charge in [0.1, 0.15) is 12.4 Å². The molecule has 1 aromatic carbocycles. The molecule has 0 radical (unpaired) electrons. The number of ether oxygens (including phenoxy) is 2. The number of sulfonamides is 1. The maximum Gasteiger partial charge on any atom is 0.248 e. The van der Waals surface area contributed by atoms with Gasteiger partial charge in [-0.1, -0.05) is 0 Å². The summed E-state index contributed by atoms with van der Waals surface area (Å²) in [6.07, 6.45) is 3.36. The minimum absolute atomic E-state index is 0.0459. The average Bonchev–Trinajstić information content (AvgIpc) is 3.31. The Morgan fingerprint density at radius 3 is 2.31 bits per heavy atom. The number of methoxy groups -OCH3 is 1. The standard InChI is InChI=1S/C25H42N4O5S/c1-19-15-23(33-6)16-20(2)25(19)35(31,32)27(4)13-14-34-18-24(30)28(5)22-9-12-29(17-22)21-7-10-26(3)11-8-21/h15-16,21-22H,7-14,17-18H2,1-6H3/t22-/m1/s1. The van der Waals surface area contributed by atoms with Gasteiger partial charge in [0.15, 0.2) is 0 Å². The molecule has 35 heavy (non-hydrogen) atoms. The topological polar surface area (TPSA) is 82.6 Å². The van der Waals surface area contributed by atoms with Crippen molar-refractivity contribution in [2.45, 2.75) is 50.1 Å². The molecule has 0 spiro atoms. The molecule has 0 aliphatic carbocycles. The van der Waals surface area contributed by atoms with Gasteiger partial charge in [-0.05, 0) is 76.5 Å². The zero-order valence-corrected chi connectivity index (χ0v) is 22.9. The van der Waals surface area contributed by atoms with Crippen LogP contribution in [0.1, 0.15) is 30.4 Å². The number of likely N-dealkylation sites (tertiary alicyclic amines) is 2. The Morgan fingerprint density at radius 2 is 1.71 bits per heavy atom. The molecule has 10 heteroatoms. The number of carbonyl (C=O) groups excluding carboxylic acids is 1. The lowest BCUT2D eigenvalue weighted by molar-refractivity contribution is -0.136. The van der Waals surface area contributed by atoms with Crippen LogP contribution in [-0.2, 0) is 19.6 Å². The van der Waals surface area contributed by atoms with E-state index in [1.165, 1.54) is 24.2 Å². The molecular formula is C25H42N4O5S. The van der Waals surface area contributed by atoms with Gasteiger partial charge < -0.3 is 19.3 Å². The van der Waals surface area contributed by atoms with Crippen LogP contribution in [0, 0.1) is 13.8 Å². The Labute approximate surface area is 211 Å². The number of piperidine rings is 1. The first-order valence-electron chi connectivity index (χ1n) is 12.4. The number of benzene rings is 1. The first-order valence-corrected chi connectivity index (χ1v) is 13.9. The number of nitrogens with zero attached hydrogens (tertiary/aromatic N) is 4. The molecule has 0 N–H and O–H groups in total. The number of likely N-dealkylation sites (N-methyl/N-ethyl adjacent to an activating group) is 2. The van der Waals surface area contributed by atoms with E-state index in [9.17, 15) is 13.2 Å². The van der Waals surface area contributed by atoms with Gasteiger partial charge >= 0.3 is 0 Å². The number of amides is 1. The summed E-state index contributed by atoms with van der Waals surface area (Å²) in [6, 6.07) is 4.26. The number of hydrogen-bond donors (Lipinski definition) is 0. The molecule has 9 nitrogen and oxygen atoms in total. The van der Waals surface area contributed by atoms with Gasteiger partial charge in [-0.15, -0.1) is 0 Å². The highest BCUT2D eigenvalue weighted by atomic mass is 32.2. The highest BCUT2D eigenvalue weighted by Gasteiger charge is 2.33. The number of rotatable bonds is 10. The van der Waals surface area contributed by atoms with E-state index >= 15 is 0 Å². The molecule has 198 valence electrons. The molecular weight excluding hydrogens is 468 g/mol. The van der Waals surface area contributed by atoms with Crippen molar-refractivity contribution >= 4 is 15.9 Å². The Balaban J connectivity index is 1.44. The third-order valence-corrected chi connectivity index (χ3v) is 9.62. The molecule has 2 saturated heterocycles. The second-order valence-corrected chi connectivity index (χ2v) is 11.9. The molecule has 1 aromatic rings. The first kappa shape index (κ1) is 27.9. The summed E-state index contributed by atoms with van der Waals surface area (Å²) in [4.78, 5) is 19.7. The summed E-state index contributed by atoms with van der Waals surface area (Å²) >= 11 is 0. The minimum atomic E-state index is -3.68. The molecule has 2 aliphatic heterocycles. The predicted octanol–water partition coefficient (Wildman–Crippen LogP) is 1.58. The molecule has 2 heterocycles. The molecule has 3 rings (SSSR count). The number of hydrogen-bond acceptors (Lipinski definition) is 7. The van der Waals surface area contributed by atoms with Crippen LogP contribution in [0.2, 0.25) is 0 Å². The van der Waals surface area contributed by atoms with Crippen LogP contribution in [0.25, 0.3) is 0 Å². The van der Waals surface area contributed by atoms with E-state index in [-0.39, 0.29) is 36.6 Å². The van der Waals surface area contributed by atoms with Crippen molar-refractivity contribution in [1.29, 1.82) is 0 Å². The smallest absolute Gasteiger partial charge is 0.248 e. The van der Waals surface area contributed by atoms with Gasteiger partial charge in [0.25, 0.3) is 0 Å². The fraction of sp³-hybridized carbons (Fsp3) is 0.720. The summed E-state index contributed by atoms with van der Waals surface area (Å²) in [5, 5.41) is 0. The maximum absolute atomic E-state index is 13.1. The lowest BCUT2D eigenvalue weighted by Crippen LogP contribution is -2.45. The molecule has 0 saturated carbocycles. The van der Waals surface area contributed by atoms with Gasteiger partial charge in [0.2, 0.25) is 15.9 Å². The fourth-order valence-electron chi connectivity index (χ4n) is 5.15. The third-order valence-electron chi connectivity index (χ3n) is 7.45.